The van der Waals surface area contributed by atoms with Gasteiger partial charge in [-0.2, -0.15) is 13.9 Å². The molecule has 5 N–H and O–H groups in total. The average molecular weight is 476 g/mol. The van der Waals surface area contributed by atoms with Crippen LogP contribution in [0, 0.1) is 17.2 Å². The molecule has 0 aromatic carbocycles. The van der Waals surface area contributed by atoms with Gasteiger partial charge >= 0.3 is 6.61 Å². The van der Waals surface area contributed by atoms with Crippen molar-refractivity contribution < 1.29 is 18.3 Å². The van der Waals surface area contributed by atoms with Crippen molar-refractivity contribution in [1.82, 2.24) is 20.1 Å². The number of nitrogens with zero attached hydrogens (tertiary/aromatic N) is 3. The van der Waals surface area contributed by atoms with E-state index in [1.807, 2.05) is 6.92 Å². The number of carbonyl (C=O) groups excluding carboxylic acids is 1. The maximum atomic E-state index is 12.3. The van der Waals surface area contributed by atoms with E-state index < -0.39 is 12.5 Å². The molecule has 4 rings (SSSR count). The van der Waals surface area contributed by atoms with Gasteiger partial charge in [-0.05, 0) is 57.9 Å². The number of anilines is 2. The summed E-state index contributed by atoms with van der Waals surface area (Å²) < 4.78 is 30.7. The van der Waals surface area contributed by atoms with Gasteiger partial charge in [-0.15, -0.1) is 0 Å². The number of rotatable bonds is 10. The summed E-state index contributed by atoms with van der Waals surface area (Å²) >= 11 is 0. The van der Waals surface area contributed by atoms with Crippen molar-refractivity contribution in [3.05, 3.63) is 30.1 Å². The Morgan fingerprint density at radius 1 is 1.29 bits per heavy atom. The number of alkyl halides is 2. The molecule has 0 spiro atoms. The second-order valence-electron chi connectivity index (χ2n) is 9.28. The van der Waals surface area contributed by atoms with Crippen molar-refractivity contribution in [1.29, 1.82) is 5.41 Å². The fourth-order valence-corrected chi connectivity index (χ4v) is 4.78. The second-order valence-corrected chi connectivity index (χ2v) is 9.28. The fourth-order valence-electron chi connectivity index (χ4n) is 4.78. The van der Waals surface area contributed by atoms with E-state index in [0.29, 0.717) is 23.5 Å². The minimum Gasteiger partial charge on any atom is -0.417 e. The van der Waals surface area contributed by atoms with E-state index in [-0.39, 0.29) is 29.2 Å². The van der Waals surface area contributed by atoms with E-state index >= 15 is 0 Å². The van der Waals surface area contributed by atoms with E-state index in [9.17, 15) is 13.6 Å². The van der Waals surface area contributed by atoms with Crippen molar-refractivity contribution in [3.8, 4) is 5.88 Å². The lowest BCUT2D eigenvalue weighted by Gasteiger charge is -2.37. The molecule has 2 fully saturated rings. The molecule has 0 aliphatic heterocycles. The lowest BCUT2D eigenvalue weighted by Crippen LogP contribution is -2.44. The molecule has 4 atom stereocenters. The summed E-state index contributed by atoms with van der Waals surface area (Å²) in [7, 11) is 0. The lowest BCUT2D eigenvalue weighted by molar-refractivity contribution is -0.0528. The van der Waals surface area contributed by atoms with Gasteiger partial charge < -0.3 is 26.5 Å². The van der Waals surface area contributed by atoms with Crippen LogP contribution in [0.5, 0.6) is 5.88 Å². The maximum absolute atomic E-state index is 12.3. The molecular weight excluding hydrogens is 444 g/mol. The number of hydrogen-bond acceptors (Lipinski definition) is 7. The number of carbonyl (C=O) groups is 1. The zero-order valence-corrected chi connectivity index (χ0v) is 19.3. The molecule has 0 bridgehead atoms. The van der Waals surface area contributed by atoms with Crippen LogP contribution in [0.1, 0.15) is 62.4 Å². The number of aromatic nitrogens is 3. The number of ether oxygens (including phenoxy) is 1. The Morgan fingerprint density at radius 2 is 2.06 bits per heavy atom. The molecule has 2 aromatic rings. The van der Waals surface area contributed by atoms with Crippen LogP contribution in [0.2, 0.25) is 0 Å². The number of pyridine rings is 1. The number of nitrogens with two attached hydrogens (primary N) is 1. The zero-order valence-electron chi connectivity index (χ0n) is 19.3. The van der Waals surface area contributed by atoms with E-state index in [2.05, 4.69) is 32.4 Å². The third kappa shape index (κ3) is 5.69. The summed E-state index contributed by atoms with van der Waals surface area (Å²) in [5.41, 5.74) is 6.82. The molecule has 0 saturated heterocycles. The van der Waals surface area contributed by atoms with E-state index in [4.69, 9.17) is 11.1 Å². The van der Waals surface area contributed by atoms with Gasteiger partial charge in [0.05, 0.1) is 17.9 Å². The van der Waals surface area contributed by atoms with Crippen LogP contribution in [0.25, 0.3) is 0 Å². The largest absolute Gasteiger partial charge is 0.417 e. The van der Waals surface area contributed by atoms with Crippen molar-refractivity contribution in [2.45, 2.75) is 70.7 Å². The number of primary amides is 1. The molecule has 2 saturated carbocycles. The Bertz CT molecular complexity index is 1020. The predicted molar refractivity (Wildman–Crippen MR) is 124 cm³/mol. The number of hydrogen-bond donors (Lipinski definition) is 4. The number of amides is 1. The van der Waals surface area contributed by atoms with Gasteiger partial charge in [0.15, 0.2) is 5.82 Å². The molecule has 2 heterocycles. The minimum absolute atomic E-state index is 0.0152. The van der Waals surface area contributed by atoms with Gasteiger partial charge in [0, 0.05) is 36.0 Å². The molecule has 0 radical (unpaired) electrons. The van der Waals surface area contributed by atoms with Crippen molar-refractivity contribution in [2.75, 3.05) is 5.32 Å². The molecule has 2 aromatic heterocycles. The molecule has 2 aliphatic carbocycles. The molecule has 2 aliphatic rings. The van der Waals surface area contributed by atoms with Gasteiger partial charge in [0.2, 0.25) is 5.88 Å². The Kier molecular flexibility index (Phi) is 7.11. The number of nitrogens with one attached hydrogen (secondary N) is 3. The van der Waals surface area contributed by atoms with Crippen LogP contribution < -0.4 is 21.1 Å². The summed E-state index contributed by atoms with van der Waals surface area (Å²) in [5, 5.41) is 19.7. The quantitative estimate of drug-likeness (QED) is 0.386. The SMILES string of the molecule is CC(=N)C1CC(NC(C)C2CC2)CCC1n1cc(C(N)=O)c(Nc2ccc(OC(F)F)nc2)n1. The number of halogens is 2. The first-order valence-corrected chi connectivity index (χ1v) is 11.6. The van der Waals surface area contributed by atoms with Gasteiger partial charge in [-0.25, -0.2) is 4.98 Å². The highest BCUT2D eigenvalue weighted by molar-refractivity contribution is 5.98. The van der Waals surface area contributed by atoms with Crippen molar-refractivity contribution in [2.24, 2.45) is 17.6 Å². The van der Waals surface area contributed by atoms with Gasteiger partial charge in [-0.1, -0.05) is 0 Å². The average Bonchev–Trinajstić information content (AvgIpc) is 3.55. The third-order valence-corrected chi connectivity index (χ3v) is 6.74. The molecule has 34 heavy (non-hydrogen) atoms. The topological polar surface area (TPSA) is 131 Å². The summed E-state index contributed by atoms with van der Waals surface area (Å²) in [6, 6.07) is 3.56. The smallest absolute Gasteiger partial charge is 0.388 e. The summed E-state index contributed by atoms with van der Waals surface area (Å²) in [5.74, 6) is 0.142. The van der Waals surface area contributed by atoms with Crippen molar-refractivity contribution >= 4 is 23.1 Å². The third-order valence-electron chi connectivity index (χ3n) is 6.74. The second kappa shape index (κ2) is 10.0. The van der Waals surface area contributed by atoms with Crippen molar-refractivity contribution in [3.63, 3.8) is 0 Å². The predicted octanol–water partition coefficient (Wildman–Crippen LogP) is 3.86. The zero-order chi connectivity index (χ0) is 24.4. The maximum Gasteiger partial charge on any atom is 0.388 e. The molecule has 9 nitrogen and oxygen atoms in total. The summed E-state index contributed by atoms with van der Waals surface area (Å²) in [6.45, 7) is 1.09. The Hall–Kier alpha value is -3.08. The van der Waals surface area contributed by atoms with E-state index in [1.54, 1.807) is 10.9 Å². The molecule has 184 valence electrons. The molecular formula is C23H31F2N7O2. The van der Waals surface area contributed by atoms with Gasteiger partial charge in [0.25, 0.3) is 5.91 Å². The van der Waals surface area contributed by atoms with E-state index in [0.717, 1.165) is 25.2 Å². The summed E-state index contributed by atoms with van der Waals surface area (Å²) in [4.78, 5) is 15.9. The fraction of sp³-hybridized carbons (Fsp3) is 0.565. The lowest BCUT2D eigenvalue weighted by atomic mass is 9.79. The monoisotopic (exact) mass is 475 g/mol. The standard InChI is InChI=1S/C23H31F2N7O2/c1-12(26)17-9-15(29-13(2)14-3-4-14)5-7-19(17)32-11-18(21(27)33)22(31-32)30-16-6-8-20(28-10-16)34-23(24)25/h6,8,10-11,13-15,17,19,23,26,29H,3-5,7,9H2,1-2H3,(H2,27,33)(H,30,31). The molecule has 11 heteroatoms. The summed E-state index contributed by atoms with van der Waals surface area (Å²) in [6.07, 6.45) is 8.10. The highest BCUT2D eigenvalue weighted by Gasteiger charge is 2.36. The van der Waals surface area contributed by atoms with Crippen LogP contribution in [0.3, 0.4) is 0 Å². The minimum atomic E-state index is -2.96. The van der Waals surface area contributed by atoms with E-state index in [1.165, 1.54) is 31.2 Å². The molecule has 4 unspecified atom stereocenters. The highest BCUT2D eigenvalue weighted by atomic mass is 19.3. The first kappa shape index (κ1) is 24.1. The normalized spacial score (nSPS) is 23.5. The highest BCUT2D eigenvalue weighted by Crippen LogP contribution is 2.38. The van der Waals surface area contributed by atoms with Gasteiger partial charge in [0.1, 0.15) is 5.56 Å². The Morgan fingerprint density at radius 3 is 2.65 bits per heavy atom. The van der Waals surface area contributed by atoms with Gasteiger partial charge in [-0.3, -0.25) is 9.48 Å². The van der Waals surface area contributed by atoms with Crippen LogP contribution in [0.15, 0.2) is 24.5 Å². The molecule has 1 amide bonds. The van der Waals surface area contributed by atoms with Crippen LogP contribution in [-0.4, -0.2) is 45.1 Å². The Balaban J connectivity index is 1.50. The first-order chi connectivity index (χ1) is 16.2. The van der Waals surface area contributed by atoms with Crippen LogP contribution >= 0.6 is 0 Å². The Labute approximate surface area is 197 Å². The first-order valence-electron chi connectivity index (χ1n) is 11.6. The van der Waals surface area contributed by atoms with Crippen LogP contribution in [-0.2, 0) is 0 Å². The van der Waals surface area contributed by atoms with Crippen LogP contribution in [0.4, 0.5) is 20.3 Å².